The van der Waals surface area contributed by atoms with Gasteiger partial charge < -0.3 is 4.57 Å². The Hall–Kier alpha value is -4.07. The lowest BCUT2D eigenvalue weighted by Crippen LogP contribution is -2.23. The Morgan fingerprint density at radius 2 is 1.69 bits per heavy atom. The van der Waals surface area contributed by atoms with E-state index in [-0.39, 0.29) is 11.7 Å². The van der Waals surface area contributed by atoms with Crippen LogP contribution >= 0.6 is 0 Å². The van der Waals surface area contributed by atoms with Crippen molar-refractivity contribution in [3.63, 3.8) is 0 Å². The Labute approximate surface area is 183 Å². The molecule has 0 spiro atoms. The number of imidazole rings is 1. The predicted molar refractivity (Wildman–Crippen MR) is 121 cm³/mol. The Morgan fingerprint density at radius 3 is 2.41 bits per heavy atom. The number of aromatic nitrogens is 6. The third-order valence-electron chi connectivity index (χ3n) is 5.41. The van der Waals surface area contributed by atoms with Crippen LogP contribution in [0.5, 0.6) is 0 Å². The molecule has 0 radical (unpaired) electrons. The summed E-state index contributed by atoms with van der Waals surface area (Å²) in [6.45, 7) is 5.88. The monoisotopic (exact) mass is 428 g/mol. The maximum Gasteiger partial charge on any atom is 0.339 e. The van der Waals surface area contributed by atoms with E-state index in [9.17, 15) is 9.18 Å². The number of hydrogen-bond acceptors (Lipinski definition) is 4. The first-order chi connectivity index (χ1) is 15.5. The van der Waals surface area contributed by atoms with Crippen molar-refractivity contribution in [2.24, 2.45) is 0 Å². The molecule has 0 aliphatic rings. The van der Waals surface area contributed by atoms with Crippen molar-refractivity contribution in [1.29, 1.82) is 0 Å². The summed E-state index contributed by atoms with van der Waals surface area (Å²) in [5, 5.41) is 8.22. The van der Waals surface area contributed by atoms with E-state index in [1.54, 1.807) is 30.6 Å². The van der Waals surface area contributed by atoms with Gasteiger partial charge in [0.2, 0.25) is 0 Å². The van der Waals surface area contributed by atoms with E-state index in [4.69, 9.17) is 4.98 Å². The van der Waals surface area contributed by atoms with Crippen molar-refractivity contribution in [2.75, 3.05) is 0 Å². The molecular formula is C24H21FN6O. The highest BCUT2D eigenvalue weighted by Gasteiger charge is 2.20. The second kappa shape index (κ2) is 7.56. The SMILES string of the molecule is Cc1ccc(-n2c(=O)n(-c3cccc(-c4nncn4C(C)C)n3)c3ccccc32)c(F)c1. The maximum absolute atomic E-state index is 14.8. The Kier molecular flexibility index (Phi) is 4.70. The van der Waals surface area contributed by atoms with Gasteiger partial charge in [-0.25, -0.2) is 18.7 Å². The molecule has 2 aromatic carbocycles. The molecule has 5 aromatic rings. The lowest BCUT2D eigenvalue weighted by Gasteiger charge is -2.10. The molecule has 8 heteroatoms. The lowest BCUT2D eigenvalue weighted by molar-refractivity contribution is 0.603. The minimum atomic E-state index is -0.457. The normalized spacial score (nSPS) is 11.5. The summed E-state index contributed by atoms with van der Waals surface area (Å²) in [6, 6.07) is 17.7. The molecule has 0 aliphatic carbocycles. The summed E-state index contributed by atoms with van der Waals surface area (Å²) >= 11 is 0. The second-order valence-electron chi connectivity index (χ2n) is 7.93. The zero-order chi connectivity index (χ0) is 22.4. The highest BCUT2D eigenvalue weighted by atomic mass is 19.1. The number of hydrogen-bond donors (Lipinski definition) is 0. The molecule has 0 amide bonds. The Bertz CT molecular complexity index is 1510. The van der Waals surface area contributed by atoms with E-state index in [1.165, 1.54) is 15.2 Å². The van der Waals surface area contributed by atoms with E-state index in [0.717, 1.165) is 5.56 Å². The van der Waals surface area contributed by atoms with Crippen LogP contribution in [0.25, 0.3) is 34.1 Å². The van der Waals surface area contributed by atoms with E-state index in [1.807, 2.05) is 55.7 Å². The van der Waals surface area contributed by atoms with E-state index >= 15 is 0 Å². The van der Waals surface area contributed by atoms with Crippen molar-refractivity contribution < 1.29 is 4.39 Å². The number of halogens is 1. The predicted octanol–water partition coefficient (Wildman–Crippen LogP) is 4.46. The Balaban J connectivity index is 1.76. The first kappa shape index (κ1) is 19.9. The van der Waals surface area contributed by atoms with Gasteiger partial charge in [0.1, 0.15) is 23.7 Å². The number of para-hydroxylation sites is 2. The molecule has 7 nitrogen and oxygen atoms in total. The number of pyridine rings is 1. The van der Waals surface area contributed by atoms with Gasteiger partial charge in [-0.1, -0.05) is 24.3 Å². The molecule has 0 fully saturated rings. The van der Waals surface area contributed by atoms with Gasteiger partial charge in [0.15, 0.2) is 5.82 Å². The molecule has 3 aromatic heterocycles. The molecule has 0 atom stereocenters. The molecule has 160 valence electrons. The van der Waals surface area contributed by atoms with Crippen molar-refractivity contribution >= 4 is 11.0 Å². The maximum atomic E-state index is 14.8. The van der Waals surface area contributed by atoms with Gasteiger partial charge in [-0.15, -0.1) is 10.2 Å². The summed E-state index contributed by atoms with van der Waals surface area (Å²) in [7, 11) is 0. The van der Waals surface area contributed by atoms with Crippen LogP contribution in [0.2, 0.25) is 0 Å². The number of benzene rings is 2. The molecular weight excluding hydrogens is 407 g/mol. The number of fused-ring (bicyclic) bond motifs is 1. The van der Waals surface area contributed by atoms with E-state index in [2.05, 4.69) is 10.2 Å². The van der Waals surface area contributed by atoms with Crippen molar-refractivity contribution in [3.05, 3.63) is 88.9 Å². The summed E-state index contributed by atoms with van der Waals surface area (Å²) in [4.78, 5) is 18.3. The van der Waals surface area contributed by atoms with Crippen LogP contribution in [0.1, 0.15) is 25.5 Å². The molecule has 0 unspecified atom stereocenters. The van der Waals surface area contributed by atoms with Crippen molar-refractivity contribution in [3.8, 4) is 23.0 Å². The quantitative estimate of drug-likeness (QED) is 0.424. The van der Waals surface area contributed by atoms with Crippen LogP contribution in [0.3, 0.4) is 0 Å². The number of rotatable bonds is 4. The van der Waals surface area contributed by atoms with Crippen molar-refractivity contribution in [2.45, 2.75) is 26.8 Å². The highest BCUT2D eigenvalue weighted by Crippen LogP contribution is 2.24. The Morgan fingerprint density at radius 1 is 0.938 bits per heavy atom. The summed E-state index contributed by atoms with van der Waals surface area (Å²) in [6.07, 6.45) is 1.66. The smallest absolute Gasteiger partial charge is 0.310 e. The van der Waals surface area contributed by atoms with Crippen LogP contribution in [0.15, 0.2) is 71.8 Å². The fraction of sp³-hybridized carbons (Fsp3) is 0.167. The van der Waals surface area contributed by atoms with Crippen LogP contribution in [0.4, 0.5) is 4.39 Å². The van der Waals surface area contributed by atoms with Gasteiger partial charge in [-0.2, -0.15) is 0 Å². The first-order valence-electron chi connectivity index (χ1n) is 10.3. The topological polar surface area (TPSA) is 70.5 Å². The average molecular weight is 428 g/mol. The van der Waals surface area contributed by atoms with Gasteiger partial charge in [-0.05, 0) is 62.7 Å². The number of aryl methyl sites for hydroxylation is 1. The molecule has 0 N–H and O–H groups in total. The summed E-state index contributed by atoms with van der Waals surface area (Å²) in [5.74, 6) is 0.582. The minimum Gasteiger partial charge on any atom is -0.310 e. The standard InChI is InChI=1S/C24H21FN6O/c1-15(2)29-14-26-28-23(29)18-7-6-10-22(27-18)31-21-9-5-4-8-20(21)30(24(31)32)19-12-11-16(3)13-17(19)25/h4-15H,1-3H3. The fourth-order valence-corrected chi connectivity index (χ4v) is 3.87. The summed E-state index contributed by atoms with van der Waals surface area (Å²) in [5.41, 5.74) is 2.41. The van der Waals surface area contributed by atoms with Crippen molar-refractivity contribution in [1.82, 2.24) is 28.9 Å². The van der Waals surface area contributed by atoms with Gasteiger partial charge in [0, 0.05) is 6.04 Å². The largest absolute Gasteiger partial charge is 0.339 e. The zero-order valence-electron chi connectivity index (χ0n) is 17.9. The van der Waals surface area contributed by atoms with Crippen LogP contribution < -0.4 is 5.69 Å². The molecule has 5 rings (SSSR count). The molecule has 0 bridgehead atoms. The third kappa shape index (κ3) is 3.11. The minimum absolute atomic E-state index is 0.152. The second-order valence-corrected chi connectivity index (χ2v) is 7.93. The van der Waals surface area contributed by atoms with E-state index in [0.29, 0.717) is 28.4 Å². The lowest BCUT2D eigenvalue weighted by atomic mass is 10.2. The molecule has 0 saturated carbocycles. The van der Waals surface area contributed by atoms with Gasteiger partial charge in [0.25, 0.3) is 0 Å². The van der Waals surface area contributed by atoms with Gasteiger partial charge in [0.05, 0.1) is 16.7 Å². The molecule has 0 aliphatic heterocycles. The number of nitrogens with zero attached hydrogens (tertiary/aromatic N) is 6. The average Bonchev–Trinajstić information content (AvgIpc) is 3.37. The van der Waals surface area contributed by atoms with Crippen LogP contribution in [-0.4, -0.2) is 28.9 Å². The van der Waals surface area contributed by atoms with Crippen LogP contribution in [0, 0.1) is 12.7 Å². The molecule has 0 saturated heterocycles. The fourth-order valence-electron chi connectivity index (χ4n) is 3.87. The first-order valence-corrected chi connectivity index (χ1v) is 10.3. The van der Waals surface area contributed by atoms with E-state index < -0.39 is 11.5 Å². The van der Waals surface area contributed by atoms with Crippen LogP contribution in [-0.2, 0) is 0 Å². The van der Waals surface area contributed by atoms with Gasteiger partial charge in [-0.3, -0.25) is 4.57 Å². The molecule has 3 heterocycles. The highest BCUT2D eigenvalue weighted by molar-refractivity contribution is 5.80. The third-order valence-corrected chi connectivity index (χ3v) is 5.41. The summed E-state index contributed by atoms with van der Waals surface area (Å²) < 4.78 is 19.6. The zero-order valence-corrected chi connectivity index (χ0v) is 17.9. The molecule has 32 heavy (non-hydrogen) atoms. The van der Waals surface area contributed by atoms with Gasteiger partial charge >= 0.3 is 5.69 Å².